The third-order valence-corrected chi connectivity index (χ3v) is 5.72. The van der Waals surface area contributed by atoms with Gasteiger partial charge in [-0.3, -0.25) is 9.52 Å². The number of hydrogen-bond acceptors (Lipinski definition) is 3. The molecule has 0 bridgehead atoms. The van der Waals surface area contributed by atoms with Crippen LogP contribution < -0.4 is 4.72 Å². The van der Waals surface area contributed by atoms with E-state index >= 15 is 0 Å². The predicted molar refractivity (Wildman–Crippen MR) is 85.9 cm³/mol. The van der Waals surface area contributed by atoms with Crippen molar-refractivity contribution in [2.24, 2.45) is 5.92 Å². The van der Waals surface area contributed by atoms with Crippen LogP contribution >= 0.6 is 0 Å². The monoisotopic (exact) mass is 320 g/mol. The van der Waals surface area contributed by atoms with Crippen LogP contribution in [0, 0.1) is 12.8 Å². The van der Waals surface area contributed by atoms with Gasteiger partial charge in [-0.2, -0.15) is 0 Å². The lowest BCUT2D eigenvalue weighted by molar-refractivity contribution is -0.119. The Labute approximate surface area is 130 Å². The maximum absolute atomic E-state index is 12.1. The third kappa shape index (κ3) is 3.16. The molecule has 1 fully saturated rings. The van der Waals surface area contributed by atoms with E-state index in [4.69, 9.17) is 0 Å². The van der Waals surface area contributed by atoms with Crippen molar-refractivity contribution in [1.82, 2.24) is 9.29 Å². The molecule has 3 rings (SSSR count). The minimum Gasteiger partial charge on any atom is -0.335 e. The first kappa shape index (κ1) is 15.1. The summed E-state index contributed by atoms with van der Waals surface area (Å²) in [4.78, 5) is 12.1. The zero-order valence-electron chi connectivity index (χ0n) is 12.6. The van der Waals surface area contributed by atoms with Gasteiger partial charge in [0.25, 0.3) is 5.91 Å². The lowest BCUT2D eigenvalue weighted by atomic mass is 9.87. The fourth-order valence-corrected chi connectivity index (χ4v) is 4.37. The molecular formula is C16H20N2O3S. The van der Waals surface area contributed by atoms with Crippen LogP contribution in [-0.2, 0) is 21.4 Å². The number of aromatic nitrogens is 1. The van der Waals surface area contributed by atoms with Gasteiger partial charge in [0.1, 0.15) is 6.54 Å². The molecule has 1 aromatic carbocycles. The maximum Gasteiger partial charge on any atom is 0.253 e. The summed E-state index contributed by atoms with van der Waals surface area (Å²) in [5, 5.41) is 1.05. The van der Waals surface area contributed by atoms with Gasteiger partial charge in [0, 0.05) is 11.2 Å². The highest BCUT2D eigenvalue weighted by atomic mass is 32.2. The fourth-order valence-electron chi connectivity index (χ4n) is 2.92. The number of benzene rings is 1. The molecule has 1 heterocycles. The van der Waals surface area contributed by atoms with Gasteiger partial charge < -0.3 is 4.57 Å². The van der Waals surface area contributed by atoms with Gasteiger partial charge in [0.2, 0.25) is 10.0 Å². The fraction of sp³-hybridized carbons (Fsp3) is 0.438. The summed E-state index contributed by atoms with van der Waals surface area (Å²) < 4.78 is 28.0. The van der Waals surface area contributed by atoms with Crippen LogP contribution in [0.5, 0.6) is 0 Å². The standard InChI is InChI=1S/C16H20N2O3S/c1-12-9-14-7-2-3-8-15(14)18(12)10-16(19)17-22(20,21)11-13-5-4-6-13/h2-3,7-9,13H,4-6,10-11H2,1H3,(H,17,19). The number of nitrogens with one attached hydrogen (secondary N) is 1. The number of nitrogens with zero attached hydrogens (tertiary/aromatic N) is 1. The Bertz CT molecular complexity index is 804. The summed E-state index contributed by atoms with van der Waals surface area (Å²) in [6, 6.07) is 9.74. The Morgan fingerprint density at radius 1 is 1.32 bits per heavy atom. The number of carbonyl (C=O) groups excluding carboxylic acids is 1. The molecular weight excluding hydrogens is 300 g/mol. The van der Waals surface area contributed by atoms with Crippen molar-refractivity contribution in [3.63, 3.8) is 0 Å². The molecule has 5 nitrogen and oxygen atoms in total. The van der Waals surface area contributed by atoms with Crippen molar-refractivity contribution in [3.8, 4) is 0 Å². The highest BCUT2D eigenvalue weighted by molar-refractivity contribution is 7.90. The minimum absolute atomic E-state index is 0.0171. The van der Waals surface area contributed by atoms with Crippen molar-refractivity contribution in [3.05, 3.63) is 36.0 Å². The zero-order chi connectivity index (χ0) is 15.7. The van der Waals surface area contributed by atoms with Gasteiger partial charge >= 0.3 is 0 Å². The van der Waals surface area contributed by atoms with E-state index in [1.54, 1.807) is 0 Å². The van der Waals surface area contributed by atoms with Crippen LogP contribution in [0.15, 0.2) is 30.3 Å². The van der Waals surface area contributed by atoms with E-state index in [1.807, 2.05) is 41.8 Å². The van der Waals surface area contributed by atoms with Gasteiger partial charge in [0.15, 0.2) is 0 Å². The topological polar surface area (TPSA) is 68.2 Å². The summed E-state index contributed by atoms with van der Waals surface area (Å²) in [5.74, 6) is -0.215. The van der Waals surface area contributed by atoms with Crippen LogP contribution in [0.25, 0.3) is 10.9 Å². The van der Waals surface area contributed by atoms with E-state index in [0.717, 1.165) is 35.9 Å². The van der Waals surface area contributed by atoms with E-state index in [0.29, 0.717) is 0 Å². The normalized spacial score (nSPS) is 15.7. The van der Waals surface area contributed by atoms with E-state index in [2.05, 4.69) is 4.72 Å². The molecule has 0 saturated heterocycles. The van der Waals surface area contributed by atoms with E-state index in [9.17, 15) is 13.2 Å². The summed E-state index contributed by atoms with van der Waals surface area (Å²) >= 11 is 0. The Hall–Kier alpha value is -1.82. The average Bonchev–Trinajstić information content (AvgIpc) is 2.70. The molecule has 0 atom stereocenters. The second-order valence-electron chi connectivity index (χ2n) is 6.03. The van der Waals surface area contributed by atoms with Gasteiger partial charge in [-0.05, 0) is 43.2 Å². The van der Waals surface area contributed by atoms with Crippen molar-refractivity contribution in [2.75, 3.05) is 5.75 Å². The van der Waals surface area contributed by atoms with Crippen LogP contribution in [0.4, 0.5) is 0 Å². The van der Waals surface area contributed by atoms with Gasteiger partial charge in [-0.25, -0.2) is 8.42 Å². The molecule has 1 aromatic heterocycles. The molecule has 1 aliphatic carbocycles. The van der Waals surface area contributed by atoms with Gasteiger partial charge in [-0.1, -0.05) is 24.6 Å². The molecule has 0 spiro atoms. The smallest absolute Gasteiger partial charge is 0.253 e. The molecule has 0 aliphatic heterocycles. The lowest BCUT2D eigenvalue weighted by Gasteiger charge is -2.24. The van der Waals surface area contributed by atoms with Gasteiger partial charge in [-0.15, -0.1) is 0 Å². The maximum atomic E-state index is 12.1. The number of amides is 1. The molecule has 0 unspecified atom stereocenters. The van der Waals surface area contributed by atoms with Crippen molar-refractivity contribution in [1.29, 1.82) is 0 Å². The molecule has 1 amide bonds. The molecule has 0 radical (unpaired) electrons. The number of para-hydroxylation sites is 1. The number of hydrogen-bond donors (Lipinski definition) is 1. The van der Waals surface area contributed by atoms with Gasteiger partial charge in [0.05, 0.1) is 5.75 Å². The van der Waals surface area contributed by atoms with Crippen molar-refractivity contribution < 1.29 is 13.2 Å². The Morgan fingerprint density at radius 3 is 2.73 bits per heavy atom. The number of sulfonamides is 1. The highest BCUT2D eigenvalue weighted by Gasteiger charge is 2.25. The zero-order valence-corrected chi connectivity index (χ0v) is 13.4. The molecule has 1 aliphatic rings. The van der Waals surface area contributed by atoms with E-state index in [-0.39, 0.29) is 18.2 Å². The summed E-state index contributed by atoms with van der Waals surface area (Å²) in [6.07, 6.45) is 2.97. The number of rotatable bonds is 5. The lowest BCUT2D eigenvalue weighted by Crippen LogP contribution is -2.38. The van der Waals surface area contributed by atoms with Crippen LogP contribution in [0.2, 0.25) is 0 Å². The first-order valence-electron chi connectivity index (χ1n) is 7.53. The van der Waals surface area contributed by atoms with E-state index in [1.165, 1.54) is 0 Å². The van der Waals surface area contributed by atoms with E-state index < -0.39 is 15.9 Å². The van der Waals surface area contributed by atoms with Crippen LogP contribution in [0.3, 0.4) is 0 Å². The van der Waals surface area contributed by atoms with Crippen LogP contribution in [0.1, 0.15) is 25.0 Å². The number of carbonyl (C=O) groups is 1. The number of fused-ring (bicyclic) bond motifs is 1. The highest BCUT2D eigenvalue weighted by Crippen LogP contribution is 2.27. The largest absolute Gasteiger partial charge is 0.335 e. The van der Waals surface area contributed by atoms with Crippen LogP contribution in [-0.4, -0.2) is 24.6 Å². The summed E-state index contributed by atoms with van der Waals surface area (Å²) in [6.45, 7) is 1.93. The first-order valence-corrected chi connectivity index (χ1v) is 9.18. The minimum atomic E-state index is -3.52. The SMILES string of the molecule is Cc1cc2ccccc2n1CC(=O)NS(=O)(=O)CC1CCC1. The Morgan fingerprint density at radius 2 is 2.05 bits per heavy atom. The average molecular weight is 320 g/mol. The molecule has 22 heavy (non-hydrogen) atoms. The molecule has 118 valence electrons. The third-order valence-electron chi connectivity index (χ3n) is 4.27. The van der Waals surface area contributed by atoms with Crippen molar-refractivity contribution >= 4 is 26.8 Å². The Balaban J connectivity index is 1.71. The second kappa shape index (κ2) is 5.76. The molecule has 6 heteroatoms. The predicted octanol–water partition coefficient (Wildman–Crippen LogP) is 2.20. The first-order chi connectivity index (χ1) is 10.4. The Kier molecular flexibility index (Phi) is 3.95. The molecule has 1 N–H and O–H groups in total. The number of aryl methyl sites for hydroxylation is 1. The molecule has 2 aromatic rings. The summed E-state index contributed by atoms with van der Waals surface area (Å²) in [5.41, 5.74) is 1.87. The quantitative estimate of drug-likeness (QED) is 0.918. The second-order valence-corrected chi connectivity index (χ2v) is 7.80. The van der Waals surface area contributed by atoms with Crippen molar-refractivity contribution in [2.45, 2.75) is 32.7 Å². The molecule has 1 saturated carbocycles. The summed E-state index contributed by atoms with van der Waals surface area (Å²) in [7, 11) is -3.52.